The molecule has 0 aliphatic rings. The minimum Gasteiger partial charge on any atom is -0.387 e. The molecular formula is C11H13BrN2O. The highest BCUT2D eigenvalue weighted by atomic mass is 79.9. The molecule has 1 heterocycles. The van der Waals surface area contributed by atoms with Gasteiger partial charge in [-0.15, -0.1) is 0 Å². The van der Waals surface area contributed by atoms with Crippen molar-refractivity contribution in [3.05, 3.63) is 34.4 Å². The summed E-state index contributed by atoms with van der Waals surface area (Å²) < 4.78 is 1.02. The lowest BCUT2D eigenvalue weighted by atomic mass is 10.1. The van der Waals surface area contributed by atoms with Gasteiger partial charge in [0.05, 0.1) is 6.10 Å². The molecule has 3 N–H and O–H groups in total. The first kappa shape index (κ1) is 10.7. The number of hydrogen-bond acceptors (Lipinski definition) is 2. The highest BCUT2D eigenvalue weighted by Crippen LogP contribution is 2.26. The molecule has 0 spiro atoms. The number of aliphatic hydroxyl groups excluding tert-OH is 1. The summed E-state index contributed by atoms with van der Waals surface area (Å²) in [5, 5.41) is 13.9. The Morgan fingerprint density at radius 1 is 1.53 bits per heavy atom. The number of aliphatic hydroxyl groups is 1. The third kappa shape index (κ3) is 2.07. The summed E-state index contributed by atoms with van der Waals surface area (Å²) in [4.78, 5) is 3.14. The third-order valence-electron chi connectivity index (χ3n) is 2.44. The number of fused-ring (bicyclic) bond motifs is 1. The second-order valence-electron chi connectivity index (χ2n) is 3.52. The topological polar surface area (TPSA) is 48.0 Å². The molecule has 0 saturated heterocycles. The van der Waals surface area contributed by atoms with Gasteiger partial charge < -0.3 is 15.4 Å². The van der Waals surface area contributed by atoms with Crippen LogP contribution in [0.15, 0.2) is 28.9 Å². The van der Waals surface area contributed by atoms with Gasteiger partial charge in [-0.3, -0.25) is 0 Å². The fraction of sp³-hybridized carbons (Fsp3) is 0.273. The van der Waals surface area contributed by atoms with Crippen molar-refractivity contribution in [2.75, 3.05) is 13.6 Å². The summed E-state index contributed by atoms with van der Waals surface area (Å²) in [6, 6.07) is 5.92. The smallest absolute Gasteiger partial charge is 0.0914 e. The van der Waals surface area contributed by atoms with Crippen molar-refractivity contribution in [2.24, 2.45) is 0 Å². The van der Waals surface area contributed by atoms with Gasteiger partial charge in [0.15, 0.2) is 0 Å². The molecule has 0 aliphatic heterocycles. The molecule has 15 heavy (non-hydrogen) atoms. The Labute approximate surface area is 96.6 Å². The Balaban J connectivity index is 2.41. The van der Waals surface area contributed by atoms with Crippen molar-refractivity contribution in [2.45, 2.75) is 6.10 Å². The monoisotopic (exact) mass is 268 g/mol. The van der Waals surface area contributed by atoms with Crippen LogP contribution in [0.2, 0.25) is 0 Å². The second kappa shape index (κ2) is 4.35. The predicted octanol–water partition coefficient (Wildman–Crippen LogP) is 2.18. The van der Waals surface area contributed by atoms with E-state index in [1.54, 1.807) is 0 Å². The van der Waals surface area contributed by atoms with Crippen LogP contribution in [-0.4, -0.2) is 23.7 Å². The van der Waals surface area contributed by atoms with Crippen LogP contribution in [0.5, 0.6) is 0 Å². The van der Waals surface area contributed by atoms with Gasteiger partial charge in [0.2, 0.25) is 0 Å². The molecule has 0 radical (unpaired) electrons. The maximum atomic E-state index is 9.82. The zero-order valence-corrected chi connectivity index (χ0v) is 10.0. The van der Waals surface area contributed by atoms with Gasteiger partial charge in [-0.25, -0.2) is 0 Å². The molecule has 0 fully saturated rings. The van der Waals surface area contributed by atoms with Crippen LogP contribution in [0, 0.1) is 0 Å². The van der Waals surface area contributed by atoms with Crippen molar-refractivity contribution < 1.29 is 5.11 Å². The molecule has 1 aromatic heterocycles. The van der Waals surface area contributed by atoms with E-state index in [0.717, 1.165) is 20.9 Å². The zero-order chi connectivity index (χ0) is 10.8. The molecule has 0 amide bonds. The zero-order valence-electron chi connectivity index (χ0n) is 8.42. The summed E-state index contributed by atoms with van der Waals surface area (Å²) in [6.45, 7) is 0.563. The molecule has 1 aromatic carbocycles. The summed E-state index contributed by atoms with van der Waals surface area (Å²) in [5.41, 5.74) is 2.00. The summed E-state index contributed by atoms with van der Waals surface area (Å²) in [7, 11) is 1.83. The molecule has 3 nitrogen and oxygen atoms in total. The Kier molecular flexibility index (Phi) is 3.09. The van der Waals surface area contributed by atoms with E-state index in [1.165, 1.54) is 0 Å². The van der Waals surface area contributed by atoms with Gasteiger partial charge in [-0.05, 0) is 40.7 Å². The van der Waals surface area contributed by atoms with Crippen LogP contribution < -0.4 is 5.32 Å². The normalized spacial score (nSPS) is 13.3. The van der Waals surface area contributed by atoms with Crippen molar-refractivity contribution in [1.29, 1.82) is 0 Å². The molecule has 0 bridgehead atoms. The summed E-state index contributed by atoms with van der Waals surface area (Å²) in [6.07, 6.45) is 1.44. The van der Waals surface area contributed by atoms with Crippen molar-refractivity contribution in [3.8, 4) is 0 Å². The Morgan fingerprint density at radius 2 is 2.33 bits per heavy atom. The SMILES string of the molecule is CNCC(O)c1ccc2[nH]cc(Br)c2c1. The van der Waals surface area contributed by atoms with Gasteiger partial charge in [-0.1, -0.05) is 6.07 Å². The van der Waals surface area contributed by atoms with Crippen LogP contribution in [0.3, 0.4) is 0 Å². The number of aromatic nitrogens is 1. The molecule has 2 aromatic rings. The standard InChI is InChI=1S/C11H13BrN2O/c1-13-6-11(15)7-2-3-10-8(4-7)9(12)5-14-10/h2-5,11,13-15H,6H2,1H3. The summed E-state index contributed by atoms with van der Waals surface area (Å²) in [5.74, 6) is 0. The first-order chi connectivity index (χ1) is 7.22. The molecule has 1 unspecified atom stereocenters. The van der Waals surface area contributed by atoms with Gasteiger partial charge in [0, 0.05) is 28.1 Å². The summed E-state index contributed by atoms with van der Waals surface area (Å²) >= 11 is 3.46. The molecule has 0 saturated carbocycles. The number of likely N-dealkylation sites (N-methyl/N-ethyl adjacent to an activating group) is 1. The number of rotatable bonds is 3. The molecule has 0 aliphatic carbocycles. The quantitative estimate of drug-likeness (QED) is 0.799. The Bertz CT molecular complexity index is 467. The van der Waals surface area contributed by atoms with Gasteiger partial charge in [0.1, 0.15) is 0 Å². The average Bonchev–Trinajstić information content (AvgIpc) is 2.60. The van der Waals surface area contributed by atoms with E-state index < -0.39 is 6.10 Å². The number of H-pyrrole nitrogens is 1. The van der Waals surface area contributed by atoms with Gasteiger partial charge in [0.25, 0.3) is 0 Å². The molecule has 4 heteroatoms. The first-order valence-electron chi connectivity index (χ1n) is 4.81. The minimum absolute atomic E-state index is 0.457. The van der Waals surface area contributed by atoms with Gasteiger partial charge in [-0.2, -0.15) is 0 Å². The lowest BCUT2D eigenvalue weighted by molar-refractivity contribution is 0.178. The third-order valence-corrected chi connectivity index (χ3v) is 3.09. The highest BCUT2D eigenvalue weighted by Gasteiger charge is 2.08. The fourth-order valence-corrected chi connectivity index (χ4v) is 2.07. The molecular weight excluding hydrogens is 256 g/mol. The van der Waals surface area contributed by atoms with Crippen molar-refractivity contribution in [3.63, 3.8) is 0 Å². The largest absolute Gasteiger partial charge is 0.387 e. The molecule has 80 valence electrons. The van der Waals surface area contributed by atoms with Crippen LogP contribution in [-0.2, 0) is 0 Å². The van der Waals surface area contributed by atoms with Crippen LogP contribution in [0.4, 0.5) is 0 Å². The van der Waals surface area contributed by atoms with E-state index in [1.807, 2.05) is 31.4 Å². The van der Waals surface area contributed by atoms with Crippen molar-refractivity contribution >= 4 is 26.8 Å². The van der Waals surface area contributed by atoms with Crippen molar-refractivity contribution in [1.82, 2.24) is 10.3 Å². The second-order valence-corrected chi connectivity index (χ2v) is 4.37. The van der Waals surface area contributed by atoms with E-state index in [2.05, 4.69) is 26.2 Å². The Morgan fingerprint density at radius 3 is 3.07 bits per heavy atom. The fourth-order valence-electron chi connectivity index (χ4n) is 1.62. The number of halogens is 1. The van der Waals surface area contributed by atoms with Crippen LogP contribution in [0.25, 0.3) is 10.9 Å². The number of nitrogens with one attached hydrogen (secondary N) is 2. The molecule has 2 rings (SSSR count). The number of aromatic amines is 1. The van der Waals surface area contributed by atoms with E-state index in [0.29, 0.717) is 6.54 Å². The van der Waals surface area contributed by atoms with E-state index in [4.69, 9.17) is 0 Å². The van der Waals surface area contributed by atoms with Crippen LogP contribution in [0.1, 0.15) is 11.7 Å². The average molecular weight is 269 g/mol. The van der Waals surface area contributed by atoms with E-state index in [-0.39, 0.29) is 0 Å². The maximum Gasteiger partial charge on any atom is 0.0914 e. The minimum atomic E-state index is -0.457. The predicted molar refractivity (Wildman–Crippen MR) is 64.9 cm³/mol. The number of benzene rings is 1. The van der Waals surface area contributed by atoms with E-state index >= 15 is 0 Å². The highest BCUT2D eigenvalue weighted by molar-refractivity contribution is 9.10. The lowest BCUT2D eigenvalue weighted by Crippen LogP contribution is -2.16. The lowest BCUT2D eigenvalue weighted by Gasteiger charge is -2.10. The Hall–Kier alpha value is -0.840. The van der Waals surface area contributed by atoms with Crippen LogP contribution >= 0.6 is 15.9 Å². The van der Waals surface area contributed by atoms with E-state index in [9.17, 15) is 5.11 Å². The first-order valence-corrected chi connectivity index (χ1v) is 5.61. The maximum absolute atomic E-state index is 9.82. The molecule has 1 atom stereocenters. The number of hydrogen-bond donors (Lipinski definition) is 3. The van der Waals surface area contributed by atoms with Gasteiger partial charge >= 0.3 is 0 Å².